The molecule has 0 heterocycles. The minimum atomic E-state index is -4.72. The number of phosphoric ester groups is 1. The van der Waals surface area contributed by atoms with Gasteiger partial charge in [-0.1, -0.05) is 146 Å². The number of nitrogens with two attached hydrogens (primary N) is 1. The number of carboxylic acid groups (broad SMARTS) is 1. The van der Waals surface area contributed by atoms with Gasteiger partial charge < -0.3 is 25.2 Å². The van der Waals surface area contributed by atoms with Gasteiger partial charge in [-0.05, 0) is 51.4 Å². The average molecular weight is 770 g/mol. The van der Waals surface area contributed by atoms with E-state index in [9.17, 15) is 23.8 Å². The molecule has 53 heavy (non-hydrogen) atoms. The van der Waals surface area contributed by atoms with Crippen molar-refractivity contribution in [3.05, 3.63) is 48.6 Å². The minimum Gasteiger partial charge on any atom is -0.480 e. The summed E-state index contributed by atoms with van der Waals surface area (Å²) in [6.45, 7) is 2.68. The van der Waals surface area contributed by atoms with Crippen LogP contribution >= 0.6 is 7.82 Å². The van der Waals surface area contributed by atoms with Gasteiger partial charge in [-0.25, -0.2) is 4.57 Å². The van der Waals surface area contributed by atoms with E-state index in [1.807, 2.05) is 0 Å². The molecule has 0 aromatic heterocycles. The Morgan fingerprint density at radius 3 is 1.57 bits per heavy atom. The molecule has 0 aromatic carbocycles. The molecule has 306 valence electrons. The van der Waals surface area contributed by atoms with E-state index in [1.54, 1.807) is 0 Å². The van der Waals surface area contributed by atoms with Crippen LogP contribution in [0.5, 0.6) is 0 Å². The highest BCUT2D eigenvalue weighted by atomic mass is 31.2. The van der Waals surface area contributed by atoms with Crippen LogP contribution in [0.25, 0.3) is 0 Å². The van der Waals surface area contributed by atoms with Crippen LogP contribution in [0.1, 0.15) is 162 Å². The third kappa shape index (κ3) is 36.2. The molecule has 0 aliphatic heterocycles. The van der Waals surface area contributed by atoms with Crippen LogP contribution in [0.3, 0.4) is 0 Å². The van der Waals surface area contributed by atoms with E-state index < -0.39 is 51.1 Å². The number of carbonyl (C=O) groups excluding carboxylic acids is 2. The Morgan fingerprint density at radius 1 is 0.585 bits per heavy atom. The van der Waals surface area contributed by atoms with Gasteiger partial charge in [0.1, 0.15) is 12.6 Å². The quantitative estimate of drug-likeness (QED) is 0.0238. The predicted molar refractivity (Wildman–Crippen MR) is 212 cm³/mol. The predicted octanol–water partition coefficient (Wildman–Crippen LogP) is 10.2. The van der Waals surface area contributed by atoms with Crippen LogP contribution in [-0.2, 0) is 37.5 Å². The second kappa shape index (κ2) is 36.4. The van der Waals surface area contributed by atoms with E-state index in [4.69, 9.17) is 24.8 Å². The van der Waals surface area contributed by atoms with Gasteiger partial charge in [-0.3, -0.25) is 23.4 Å². The van der Waals surface area contributed by atoms with Crippen molar-refractivity contribution < 1.29 is 47.5 Å². The number of unbranched alkanes of at least 4 members (excludes halogenated alkanes) is 15. The van der Waals surface area contributed by atoms with Crippen molar-refractivity contribution in [3.8, 4) is 0 Å². The fraction of sp³-hybridized carbons (Fsp3) is 0.732. The molecule has 0 aliphatic carbocycles. The number of allylic oxidation sites excluding steroid dienone is 8. The van der Waals surface area contributed by atoms with Crippen LogP contribution < -0.4 is 5.73 Å². The SMILES string of the molecule is CCC/C=C/C/C=C/C/C=C/C/C=C/CCCCCC(=O)OC[C@@H](COP(=O)(O)OC[C@@H](N)C(=O)O)OC(=O)CCCCCCCCCCCCCC. The third-order valence-corrected chi connectivity index (χ3v) is 9.26. The molecule has 11 nitrogen and oxygen atoms in total. The molecule has 0 aliphatic rings. The van der Waals surface area contributed by atoms with Gasteiger partial charge in [0.15, 0.2) is 6.10 Å². The fourth-order valence-corrected chi connectivity index (χ4v) is 5.89. The second-order valence-electron chi connectivity index (χ2n) is 13.4. The molecule has 12 heteroatoms. The van der Waals surface area contributed by atoms with Crippen molar-refractivity contribution in [3.63, 3.8) is 0 Å². The molecule has 0 amide bonds. The lowest BCUT2D eigenvalue weighted by molar-refractivity contribution is -0.161. The van der Waals surface area contributed by atoms with Gasteiger partial charge in [0.25, 0.3) is 0 Å². The summed E-state index contributed by atoms with van der Waals surface area (Å²) in [4.78, 5) is 45.8. The number of rotatable bonds is 37. The maximum absolute atomic E-state index is 12.6. The van der Waals surface area contributed by atoms with Crippen molar-refractivity contribution in [2.45, 2.75) is 174 Å². The van der Waals surface area contributed by atoms with E-state index in [1.165, 1.54) is 57.8 Å². The fourth-order valence-electron chi connectivity index (χ4n) is 5.11. The topological polar surface area (TPSA) is 172 Å². The number of phosphoric acid groups is 1. The zero-order valence-electron chi connectivity index (χ0n) is 32.8. The van der Waals surface area contributed by atoms with E-state index >= 15 is 0 Å². The zero-order valence-corrected chi connectivity index (χ0v) is 33.7. The smallest absolute Gasteiger partial charge is 0.472 e. The van der Waals surface area contributed by atoms with Gasteiger partial charge in [-0.2, -0.15) is 0 Å². The summed E-state index contributed by atoms with van der Waals surface area (Å²) in [6.07, 6.45) is 38.9. The summed E-state index contributed by atoms with van der Waals surface area (Å²) >= 11 is 0. The Hall–Kier alpha value is -2.56. The van der Waals surface area contributed by atoms with E-state index in [0.29, 0.717) is 12.8 Å². The molecular formula is C41H72NO10P. The first-order valence-electron chi connectivity index (χ1n) is 20.2. The summed E-state index contributed by atoms with van der Waals surface area (Å²) in [7, 11) is -4.72. The molecule has 0 saturated carbocycles. The number of carboxylic acids is 1. The Kier molecular flexibility index (Phi) is 34.7. The van der Waals surface area contributed by atoms with Crippen LogP contribution in [0.2, 0.25) is 0 Å². The standard InChI is InChI=1S/C41H72NO10P/c1-3-5-7-9-11-13-15-17-18-19-20-21-23-24-26-28-30-32-39(43)49-34-37(35-50-53(47,48)51-36-38(42)41(45)46)52-40(44)33-31-29-27-25-22-16-14-12-10-8-6-4-2/h7,9,13,15,18-19,21,23,37-38H,3-6,8,10-12,14,16-17,20,22,24-36,42H2,1-2H3,(H,45,46)(H,47,48)/b9-7+,15-13+,19-18+,23-21+/t37-,38+/m0/s1. The normalized spacial score (nSPS) is 14.3. The van der Waals surface area contributed by atoms with E-state index in [-0.39, 0.29) is 19.4 Å². The Bertz CT molecular complexity index is 1090. The number of carbonyl (C=O) groups is 3. The largest absolute Gasteiger partial charge is 0.480 e. The molecular weight excluding hydrogens is 697 g/mol. The van der Waals surface area contributed by atoms with Gasteiger partial charge in [0.2, 0.25) is 0 Å². The molecule has 3 atom stereocenters. The number of ether oxygens (including phenoxy) is 2. The summed E-state index contributed by atoms with van der Waals surface area (Å²) in [5, 5.41) is 8.87. The van der Waals surface area contributed by atoms with Crippen molar-refractivity contribution >= 4 is 25.7 Å². The highest BCUT2D eigenvalue weighted by molar-refractivity contribution is 7.47. The highest BCUT2D eigenvalue weighted by Crippen LogP contribution is 2.43. The minimum absolute atomic E-state index is 0.155. The average Bonchev–Trinajstić information content (AvgIpc) is 3.13. The molecule has 1 unspecified atom stereocenters. The molecule has 0 radical (unpaired) electrons. The highest BCUT2D eigenvalue weighted by Gasteiger charge is 2.28. The van der Waals surface area contributed by atoms with E-state index in [2.05, 4.69) is 67.0 Å². The van der Waals surface area contributed by atoms with Gasteiger partial charge in [0.05, 0.1) is 13.2 Å². The van der Waals surface area contributed by atoms with Crippen molar-refractivity contribution in [2.75, 3.05) is 19.8 Å². The molecule has 0 aromatic rings. The van der Waals surface area contributed by atoms with E-state index in [0.717, 1.165) is 64.2 Å². The summed E-state index contributed by atoms with van der Waals surface area (Å²) < 4.78 is 32.6. The number of hydrogen-bond acceptors (Lipinski definition) is 9. The maximum Gasteiger partial charge on any atom is 0.472 e. The third-order valence-electron chi connectivity index (χ3n) is 8.31. The monoisotopic (exact) mass is 769 g/mol. The van der Waals surface area contributed by atoms with Gasteiger partial charge in [-0.15, -0.1) is 0 Å². The Labute approximate surface area is 320 Å². The number of esters is 2. The molecule has 0 bridgehead atoms. The summed E-state index contributed by atoms with van der Waals surface area (Å²) in [6, 6.07) is -1.53. The zero-order chi connectivity index (χ0) is 39.3. The van der Waals surface area contributed by atoms with Crippen LogP contribution in [0.4, 0.5) is 0 Å². The Morgan fingerprint density at radius 2 is 1.04 bits per heavy atom. The molecule has 0 spiro atoms. The number of hydrogen-bond donors (Lipinski definition) is 3. The van der Waals surface area contributed by atoms with Crippen LogP contribution in [-0.4, -0.2) is 59.9 Å². The number of aliphatic carboxylic acids is 1. The maximum atomic E-state index is 12.6. The molecule has 0 fully saturated rings. The second-order valence-corrected chi connectivity index (χ2v) is 14.9. The van der Waals surface area contributed by atoms with Crippen LogP contribution in [0, 0.1) is 0 Å². The van der Waals surface area contributed by atoms with Crippen molar-refractivity contribution in [1.29, 1.82) is 0 Å². The lowest BCUT2D eigenvalue weighted by Crippen LogP contribution is -2.34. The first-order chi connectivity index (χ1) is 25.6. The summed E-state index contributed by atoms with van der Waals surface area (Å²) in [5.41, 5.74) is 5.32. The first kappa shape index (κ1) is 50.4. The summed E-state index contributed by atoms with van der Waals surface area (Å²) in [5.74, 6) is -2.42. The van der Waals surface area contributed by atoms with Crippen LogP contribution in [0.15, 0.2) is 48.6 Å². The Balaban J connectivity index is 4.46. The molecule has 4 N–H and O–H groups in total. The molecule has 0 saturated heterocycles. The molecule has 0 rings (SSSR count). The van der Waals surface area contributed by atoms with Gasteiger partial charge in [0, 0.05) is 12.8 Å². The van der Waals surface area contributed by atoms with Crippen molar-refractivity contribution in [1.82, 2.24) is 0 Å². The van der Waals surface area contributed by atoms with Gasteiger partial charge >= 0.3 is 25.7 Å². The van der Waals surface area contributed by atoms with Crippen molar-refractivity contribution in [2.24, 2.45) is 5.73 Å². The lowest BCUT2D eigenvalue weighted by Gasteiger charge is -2.20. The lowest BCUT2D eigenvalue weighted by atomic mass is 10.0. The first-order valence-corrected chi connectivity index (χ1v) is 21.7.